The van der Waals surface area contributed by atoms with Crippen molar-refractivity contribution in [1.29, 1.82) is 0 Å². The van der Waals surface area contributed by atoms with Gasteiger partial charge in [-0.15, -0.1) is 0 Å². The number of carbonyl (C=O) groups excluding carboxylic acids is 2. The molecule has 0 atom stereocenters. The van der Waals surface area contributed by atoms with Crippen LogP contribution in [-0.2, 0) is 17.9 Å². The minimum atomic E-state index is -0.422. The number of rotatable bonds is 5. The molecule has 1 aromatic heterocycles. The van der Waals surface area contributed by atoms with Crippen LogP contribution in [0, 0.1) is 6.92 Å². The Morgan fingerprint density at radius 3 is 2.56 bits per heavy atom. The zero-order valence-electron chi connectivity index (χ0n) is 18.4. The number of imide groups is 1. The first-order chi connectivity index (χ1) is 16.4. The van der Waals surface area contributed by atoms with E-state index in [1.54, 1.807) is 12.1 Å². The van der Waals surface area contributed by atoms with Gasteiger partial charge in [-0.2, -0.15) is 0 Å². The van der Waals surface area contributed by atoms with Gasteiger partial charge in [0.15, 0.2) is 0 Å². The molecule has 0 unspecified atom stereocenters. The quantitative estimate of drug-likeness (QED) is 0.260. The van der Waals surface area contributed by atoms with Gasteiger partial charge in [0.2, 0.25) is 0 Å². The zero-order chi connectivity index (χ0) is 23.8. The third-order valence-electron chi connectivity index (χ3n) is 5.86. The Morgan fingerprint density at radius 2 is 1.76 bits per heavy atom. The molecule has 34 heavy (non-hydrogen) atoms. The van der Waals surface area contributed by atoms with Crippen LogP contribution in [-0.4, -0.2) is 21.4 Å². The molecule has 1 N–H and O–H groups in total. The topological polar surface area (TPSA) is 54.3 Å². The van der Waals surface area contributed by atoms with Crippen LogP contribution in [0.1, 0.15) is 22.3 Å². The van der Waals surface area contributed by atoms with Crippen LogP contribution in [0.2, 0.25) is 10.0 Å². The van der Waals surface area contributed by atoms with Gasteiger partial charge in [0, 0.05) is 39.3 Å². The maximum Gasteiger partial charge on any atom is 0.329 e. The van der Waals surface area contributed by atoms with Crippen molar-refractivity contribution < 1.29 is 9.59 Å². The fourth-order valence-corrected chi connectivity index (χ4v) is 4.69. The van der Waals surface area contributed by atoms with Gasteiger partial charge in [-0.25, -0.2) is 4.79 Å². The summed E-state index contributed by atoms with van der Waals surface area (Å²) >= 11 is 12.4. The van der Waals surface area contributed by atoms with Gasteiger partial charge in [-0.3, -0.25) is 9.69 Å². The van der Waals surface area contributed by atoms with Crippen molar-refractivity contribution in [3.63, 3.8) is 0 Å². The molecule has 0 spiro atoms. The molecular weight excluding hydrogens is 469 g/mol. The second kappa shape index (κ2) is 9.01. The summed E-state index contributed by atoms with van der Waals surface area (Å²) in [6.07, 6.45) is 3.70. The molecule has 1 aliphatic heterocycles. The molecule has 1 fully saturated rings. The van der Waals surface area contributed by atoms with E-state index in [4.69, 9.17) is 23.2 Å². The van der Waals surface area contributed by atoms with Crippen molar-refractivity contribution in [2.45, 2.75) is 20.0 Å². The number of benzene rings is 3. The lowest BCUT2D eigenvalue weighted by Crippen LogP contribution is -2.30. The molecule has 0 aliphatic carbocycles. The largest absolute Gasteiger partial charge is 0.342 e. The molecule has 3 aromatic carbocycles. The Hall–Kier alpha value is -3.54. The second-order valence-electron chi connectivity index (χ2n) is 8.33. The standard InChI is InChI=1S/C27H21Cl2N3O2/c1-17-5-4-6-18(11-17)14-32-26(33)24(30-27(32)34)12-20-16-31(25-8-3-2-7-22(20)25)15-19-9-10-21(28)13-23(19)29/h2-13,16H,14-15H2,1H3,(H,30,34)/b24-12+. The Labute approximate surface area is 207 Å². The molecule has 4 aromatic rings. The first-order valence-corrected chi connectivity index (χ1v) is 11.6. The number of halogens is 2. The highest BCUT2D eigenvalue weighted by atomic mass is 35.5. The van der Waals surface area contributed by atoms with Crippen LogP contribution in [0.3, 0.4) is 0 Å². The summed E-state index contributed by atoms with van der Waals surface area (Å²) < 4.78 is 2.07. The Kier molecular flexibility index (Phi) is 5.90. The minimum absolute atomic E-state index is 0.223. The van der Waals surface area contributed by atoms with E-state index in [-0.39, 0.29) is 18.1 Å². The second-order valence-corrected chi connectivity index (χ2v) is 9.18. The van der Waals surface area contributed by atoms with Crippen LogP contribution < -0.4 is 5.32 Å². The molecule has 0 bridgehead atoms. The summed E-state index contributed by atoms with van der Waals surface area (Å²) in [5, 5.41) is 4.88. The molecule has 170 valence electrons. The van der Waals surface area contributed by atoms with Gasteiger partial charge >= 0.3 is 6.03 Å². The first-order valence-electron chi connectivity index (χ1n) is 10.8. The number of hydrogen-bond acceptors (Lipinski definition) is 2. The highest BCUT2D eigenvalue weighted by Gasteiger charge is 2.33. The maximum atomic E-state index is 13.1. The van der Waals surface area contributed by atoms with Gasteiger partial charge in [0.25, 0.3) is 5.91 Å². The van der Waals surface area contributed by atoms with Gasteiger partial charge in [0.1, 0.15) is 5.70 Å². The predicted octanol–water partition coefficient (Wildman–Crippen LogP) is 6.40. The summed E-state index contributed by atoms with van der Waals surface area (Å²) in [6.45, 7) is 2.74. The summed E-state index contributed by atoms with van der Waals surface area (Å²) in [5.41, 5.74) is 5.00. The number of hydrogen-bond donors (Lipinski definition) is 1. The number of amides is 3. The molecule has 1 saturated heterocycles. The Morgan fingerprint density at radius 1 is 0.941 bits per heavy atom. The molecule has 0 radical (unpaired) electrons. The number of fused-ring (bicyclic) bond motifs is 1. The fourth-order valence-electron chi connectivity index (χ4n) is 4.22. The summed E-state index contributed by atoms with van der Waals surface area (Å²) in [6, 6.07) is 20.7. The maximum absolute atomic E-state index is 13.1. The Bertz CT molecular complexity index is 1470. The molecule has 5 rings (SSSR count). The highest BCUT2D eigenvalue weighted by molar-refractivity contribution is 6.35. The predicted molar refractivity (Wildman–Crippen MR) is 136 cm³/mol. The number of nitrogens with zero attached hydrogens (tertiary/aromatic N) is 2. The smallest absolute Gasteiger partial charge is 0.329 e. The number of nitrogens with one attached hydrogen (secondary N) is 1. The number of para-hydroxylation sites is 1. The van der Waals surface area contributed by atoms with E-state index in [2.05, 4.69) is 9.88 Å². The van der Waals surface area contributed by atoms with E-state index in [9.17, 15) is 9.59 Å². The molecule has 2 heterocycles. The monoisotopic (exact) mass is 489 g/mol. The lowest BCUT2D eigenvalue weighted by Gasteiger charge is -2.12. The van der Waals surface area contributed by atoms with Crippen LogP contribution in [0.25, 0.3) is 17.0 Å². The van der Waals surface area contributed by atoms with E-state index < -0.39 is 6.03 Å². The van der Waals surface area contributed by atoms with Gasteiger partial charge < -0.3 is 9.88 Å². The van der Waals surface area contributed by atoms with Gasteiger partial charge in [-0.05, 0) is 42.3 Å². The first kappa shape index (κ1) is 22.3. The average molecular weight is 490 g/mol. The lowest BCUT2D eigenvalue weighted by molar-refractivity contribution is -0.123. The zero-order valence-corrected chi connectivity index (χ0v) is 19.9. The highest BCUT2D eigenvalue weighted by Crippen LogP contribution is 2.28. The van der Waals surface area contributed by atoms with Crippen molar-refractivity contribution in [3.8, 4) is 0 Å². The SMILES string of the molecule is Cc1cccc(CN2C(=O)N/C(=C/c3cn(Cc4ccc(Cl)cc4Cl)c4ccccc34)C2=O)c1. The Balaban J connectivity index is 1.47. The van der Waals surface area contributed by atoms with Crippen LogP contribution in [0.5, 0.6) is 0 Å². The van der Waals surface area contributed by atoms with Crippen molar-refractivity contribution in [3.05, 3.63) is 111 Å². The molecular formula is C27H21Cl2N3O2. The summed E-state index contributed by atoms with van der Waals surface area (Å²) in [7, 11) is 0. The van der Waals surface area contributed by atoms with Crippen molar-refractivity contribution in [2.24, 2.45) is 0 Å². The van der Waals surface area contributed by atoms with Gasteiger partial charge in [-0.1, -0.05) is 77.3 Å². The lowest BCUT2D eigenvalue weighted by atomic mass is 10.1. The number of aryl methyl sites for hydroxylation is 1. The summed E-state index contributed by atoms with van der Waals surface area (Å²) in [5.74, 6) is -0.343. The molecule has 5 nitrogen and oxygen atoms in total. The minimum Gasteiger partial charge on any atom is -0.342 e. The van der Waals surface area contributed by atoms with E-state index in [1.807, 2.05) is 73.8 Å². The van der Waals surface area contributed by atoms with Gasteiger partial charge in [0.05, 0.1) is 6.54 Å². The van der Waals surface area contributed by atoms with E-state index in [1.165, 1.54) is 4.90 Å². The molecule has 3 amide bonds. The average Bonchev–Trinajstić information content (AvgIpc) is 3.28. The van der Waals surface area contributed by atoms with Crippen molar-refractivity contribution in [2.75, 3.05) is 0 Å². The van der Waals surface area contributed by atoms with Crippen LogP contribution >= 0.6 is 23.2 Å². The van der Waals surface area contributed by atoms with Crippen LogP contribution in [0.4, 0.5) is 4.79 Å². The molecule has 1 aliphatic rings. The van der Waals surface area contributed by atoms with Crippen molar-refractivity contribution >= 4 is 52.1 Å². The third-order valence-corrected chi connectivity index (χ3v) is 6.45. The fraction of sp³-hybridized carbons (Fsp3) is 0.111. The van der Waals surface area contributed by atoms with Crippen molar-refractivity contribution in [1.82, 2.24) is 14.8 Å². The third kappa shape index (κ3) is 4.32. The molecule has 7 heteroatoms. The summed E-state index contributed by atoms with van der Waals surface area (Å²) in [4.78, 5) is 26.9. The number of aromatic nitrogens is 1. The van der Waals surface area contributed by atoms with E-state index >= 15 is 0 Å². The number of urea groups is 1. The van der Waals surface area contributed by atoms with Crippen LogP contribution in [0.15, 0.2) is 78.6 Å². The molecule has 0 saturated carbocycles. The van der Waals surface area contributed by atoms with E-state index in [0.29, 0.717) is 16.6 Å². The van der Waals surface area contributed by atoms with E-state index in [0.717, 1.165) is 33.2 Å². The normalized spacial score (nSPS) is 14.9. The number of carbonyl (C=O) groups is 2.